The van der Waals surface area contributed by atoms with E-state index in [2.05, 4.69) is 17.1 Å². The van der Waals surface area contributed by atoms with Crippen molar-refractivity contribution in [3.63, 3.8) is 0 Å². The molecule has 3 rings (SSSR count). The number of benzene rings is 2. The lowest BCUT2D eigenvalue weighted by Crippen LogP contribution is -2.41. The molecule has 2 aromatic carbocycles. The molecule has 0 saturated heterocycles. The molecule has 0 aliphatic carbocycles. The van der Waals surface area contributed by atoms with Crippen LogP contribution in [-0.4, -0.2) is 44.6 Å². The first-order valence-electron chi connectivity index (χ1n) is 11.3. The Morgan fingerprint density at radius 2 is 1.82 bits per heavy atom. The van der Waals surface area contributed by atoms with Crippen molar-refractivity contribution in [2.45, 2.75) is 69.3 Å². The summed E-state index contributed by atoms with van der Waals surface area (Å²) in [6, 6.07) is 14.2. The van der Waals surface area contributed by atoms with Crippen molar-refractivity contribution < 1.29 is 14.3 Å². The van der Waals surface area contributed by atoms with Gasteiger partial charge < -0.3 is 25.7 Å². The van der Waals surface area contributed by atoms with Gasteiger partial charge in [-0.2, -0.15) is 0 Å². The summed E-state index contributed by atoms with van der Waals surface area (Å²) in [7, 11) is 0. The summed E-state index contributed by atoms with van der Waals surface area (Å²) < 4.78 is 7.32. The van der Waals surface area contributed by atoms with Gasteiger partial charge in [0.05, 0.1) is 0 Å². The topological polar surface area (TPSA) is 116 Å². The second kappa shape index (κ2) is 10.4. The van der Waals surface area contributed by atoms with Gasteiger partial charge in [0.15, 0.2) is 10.9 Å². The third-order valence-electron chi connectivity index (χ3n) is 5.17. The molecular formula is C25H33N5O3S. The number of nitrogen functional groups attached to an aromatic ring is 1. The molecule has 0 radical (unpaired) electrons. The van der Waals surface area contributed by atoms with Crippen LogP contribution in [0.1, 0.15) is 51.5 Å². The van der Waals surface area contributed by atoms with Gasteiger partial charge in [-0.15, -0.1) is 0 Å². The Balaban J connectivity index is 1.80. The highest BCUT2D eigenvalue weighted by molar-refractivity contribution is 7.99. The SMILES string of the molecule is CC(C)N(CCCn1c(Sc2ccc3ccccc3c2)nc(C(N)=O)c1N)C(=O)OC(C)(C)C. The molecule has 0 saturated carbocycles. The third-order valence-corrected chi connectivity index (χ3v) is 6.15. The van der Waals surface area contributed by atoms with Gasteiger partial charge in [0.2, 0.25) is 0 Å². The van der Waals surface area contributed by atoms with Crippen LogP contribution in [-0.2, 0) is 11.3 Å². The number of imidazole rings is 1. The number of hydrogen-bond donors (Lipinski definition) is 2. The van der Waals surface area contributed by atoms with Crippen molar-refractivity contribution in [2.75, 3.05) is 12.3 Å². The van der Waals surface area contributed by atoms with E-state index in [0.717, 1.165) is 15.7 Å². The molecule has 1 aromatic heterocycles. The number of rotatable bonds is 8. The van der Waals surface area contributed by atoms with Crippen LogP contribution < -0.4 is 11.5 Å². The summed E-state index contributed by atoms with van der Waals surface area (Å²) in [4.78, 5) is 31.6. The normalized spacial score (nSPS) is 11.7. The molecule has 0 fully saturated rings. The summed E-state index contributed by atoms with van der Waals surface area (Å²) in [5.74, 6) is -0.446. The number of hydrogen-bond acceptors (Lipinski definition) is 6. The fraction of sp³-hybridized carbons (Fsp3) is 0.400. The Kier molecular flexibility index (Phi) is 7.76. The molecule has 9 heteroatoms. The van der Waals surface area contributed by atoms with E-state index in [-0.39, 0.29) is 23.6 Å². The van der Waals surface area contributed by atoms with Crippen molar-refractivity contribution in [3.05, 3.63) is 48.2 Å². The van der Waals surface area contributed by atoms with E-state index in [1.807, 2.05) is 65.0 Å². The monoisotopic (exact) mass is 483 g/mol. The number of nitrogens with zero attached hydrogens (tertiary/aromatic N) is 3. The molecule has 8 nitrogen and oxygen atoms in total. The Morgan fingerprint density at radius 1 is 1.15 bits per heavy atom. The lowest BCUT2D eigenvalue weighted by molar-refractivity contribution is 0.0186. The number of amides is 2. The van der Waals surface area contributed by atoms with E-state index in [0.29, 0.717) is 24.7 Å². The number of fused-ring (bicyclic) bond motifs is 1. The predicted molar refractivity (Wildman–Crippen MR) is 136 cm³/mol. The zero-order chi connectivity index (χ0) is 25.0. The zero-order valence-corrected chi connectivity index (χ0v) is 21.2. The van der Waals surface area contributed by atoms with Crippen LogP contribution in [0.3, 0.4) is 0 Å². The van der Waals surface area contributed by atoms with E-state index >= 15 is 0 Å². The van der Waals surface area contributed by atoms with Crippen LogP contribution in [0.4, 0.5) is 10.6 Å². The molecule has 1 heterocycles. The average Bonchev–Trinajstić information content (AvgIpc) is 3.05. The molecule has 4 N–H and O–H groups in total. The quantitative estimate of drug-likeness (QED) is 0.470. The molecule has 0 spiro atoms. The second-order valence-electron chi connectivity index (χ2n) is 9.38. The summed E-state index contributed by atoms with van der Waals surface area (Å²) in [5.41, 5.74) is 11.2. The first-order chi connectivity index (χ1) is 16.0. The van der Waals surface area contributed by atoms with Crippen molar-refractivity contribution in [2.24, 2.45) is 5.73 Å². The summed E-state index contributed by atoms with van der Waals surface area (Å²) >= 11 is 1.42. The molecule has 0 aliphatic rings. The van der Waals surface area contributed by atoms with Gasteiger partial charge in [0.25, 0.3) is 5.91 Å². The number of carbonyl (C=O) groups excluding carboxylic acids is 2. The summed E-state index contributed by atoms with van der Waals surface area (Å²) in [6.45, 7) is 10.4. The molecule has 0 atom stereocenters. The maximum atomic E-state index is 12.6. The molecule has 0 aliphatic heterocycles. The fourth-order valence-electron chi connectivity index (χ4n) is 3.54. The minimum atomic E-state index is -0.672. The van der Waals surface area contributed by atoms with Gasteiger partial charge in [-0.05, 0) is 63.9 Å². The molecular weight excluding hydrogens is 450 g/mol. The van der Waals surface area contributed by atoms with Crippen molar-refractivity contribution >= 4 is 40.4 Å². The van der Waals surface area contributed by atoms with Gasteiger partial charge in [-0.1, -0.05) is 42.1 Å². The number of primary amides is 1. The largest absolute Gasteiger partial charge is 0.444 e. The molecule has 182 valence electrons. The Bertz CT molecular complexity index is 1180. The van der Waals surface area contributed by atoms with Gasteiger partial charge in [-0.3, -0.25) is 4.79 Å². The van der Waals surface area contributed by atoms with E-state index in [1.54, 1.807) is 9.47 Å². The minimum absolute atomic E-state index is 0.0254. The van der Waals surface area contributed by atoms with Crippen LogP contribution in [0.5, 0.6) is 0 Å². The van der Waals surface area contributed by atoms with Gasteiger partial charge in [-0.25, -0.2) is 9.78 Å². The molecule has 0 bridgehead atoms. The smallest absolute Gasteiger partial charge is 0.410 e. The molecule has 0 unspecified atom stereocenters. The number of ether oxygens (including phenoxy) is 1. The first-order valence-corrected chi connectivity index (χ1v) is 12.1. The highest BCUT2D eigenvalue weighted by Crippen LogP contribution is 2.32. The lowest BCUT2D eigenvalue weighted by Gasteiger charge is -2.30. The maximum absolute atomic E-state index is 12.6. The van der Waals surface area contributed by atoms with Gasteiger partial charge in [0.1, 0.15) is 11.4 Å². The Labute approximate surface area is 204 Å². The van der Waals surface area contributed by atoms with Gasteiger partial charge in [0, 0.05) is 24.0 Å². The van der Waals surface area contributed by atoms with Gasteiger partial charge >= 0.3 is 6.09 Å². The number of nitrogens with two attached hydrogens (primary N) is 2. The van der Waals surface area contributed by atoms with Crippen LogP contribution in [0.25, 0.3) is 10.8 Å². The molecule has 3 aromatic rings. The fourth-order valence-corrected chi connectivity index (χ4v) is 4.51. The average molecular weight is 484 g/mol. The Morgan fingerprint density at radius 3 is 2.44 bits per heavy atom. The van der Waals surface area contributed by atoms with E-state index < -0.39 is 11.5 Å². The van der Waals surface area contributed by atoms with Crippen molar-refractivity contribution in [3.8, 4) is 0 Å². The van der Waals surface area contributed by atoms with Crippen LogP contribution in [0, 0.1) is 0 Å². The number of carbonyl (C=O) groups is 2. The number of anilines is 1. The standard InChI is InChI=1S/C25H33N5O3S/c1-16(2)29(24(32)33-25(3,4)5)13-8-14-30-21(26)20(22(27)31)28-23(30)34-19-12-11-17-9-6-7-10-18(17)15-19/h6-7,9-12,15-16H,8,13-14,26H2,1-5H3,(H2,27,31). The lowest BCUT2D eigenvalue weighted by atomic mass is 10.1. The molecule has 34 heavy (non-hydrogen) atoms. The third kappa shape index (κ3) is 6.22. The van der Waals surface area contributed by atoms with E-state index in [9.17, 15) is 9.59 Å². The van der Waals surface area contributed by atoms with Crippen LogP contribution >= 0.6 is 11.8 Å². The van der Waals surface area contributed by atoms with E-state index in [1.165, 1.54) is 11.8 Å². The molecule has 2 amide bonds. The Hall–Kier alpha value is -3.20. The van der Waals surface area contributed by atoms with Crippen molar-refractivity contribution in [1.29, 1.82) is 0 Å². The maximum Gasteiger partial charge on any atom is 0.410 e. The first kappa shape index (κ1) is 25.4. The van der Waals surface area contributed by atoms with Crippen LogP contribution in [0.2, 0.25) is 0 Å². The van der Waals surface area contributed by atoms with E-state index in [4.69, 9.17) is 16.2 Å². The summed E-state index contributed by atoms with van der Waals surface area (Å²) in [5, 5.41) is 2.83. The van der Waals surface area contributed by atoms with Crippen LogP contribution in [0.15, 0.2) is 52.5 Å². The second-order valence-corrected chi connectivity index (χ2v) is 10.4. The minimum Gasteiger partial charge on any atom is -0.444 e. The highest BCUT2D eigenvalue weighted by atomic mass is 32.2. The summed E-state index contributed by atoms with van der Waals surface area (Å²) in [6.07, 6.45) is 0.242. The highest BCUT2D eigenvalue weighted by Gasteiger charge is 2.25. The predicted octanol–water partition coefficient (Wildman–Crippen LogP) is 4.90. The van der Waals surface area contributed by atoms with Crippen molar-refractivity contribution in [1.82, 2.24) is 14.5 Å². The number of aromatic nitrogens is 2. The zero-order valence-electron chi connectivity index (χ0n) is 20.4.